The lowest BCUT2D eigenvalue weighted by Crippen LogP contribution is -2.27. The van der Waals surface area contributed by atoms with Crippen molar-refractivity contribution < 1.29 is 8.42 Å². The summed E-state index contributed by atoms with van der Waals surface area (Å²) in [4.78, 5) is 6.89. The quantitative estimate of drug-likeness (QED) is 0.649. The molecule has 0 atom stereocenters. The van der Waals surface area contributed by atoms with E-state index in [0.717, 1.165) is 30.7 Å². The number of nitrogens with zero attached hydrogens (tertiary/aromatic N) is 5. The summed E-state index contributed by atoms with van der Waals surface area (Å²) in [6.45, 7) is 7.57. The molecule has 0 spiro atoms. The number of aromatic nitrogens is 4. The number of anilines is 1. The van der Waals surface area contributed by atoms with Crippen molar-refractivity contribution in [3.8, 4) is 0 Å². The van der Waals surface area contributed by atoms with Crippen LogP contribution in [-0.2, 0) is 23.6 Å². The first-order valence-corrected chi connectivity index (χ1v) is 10.1. The number of rotatable bonds is 8. The molecule has 1 aromatic carbocycles. The lowest BCUT2D eigenvalue weighted by atomic mass is 10.3. The monoisotopic (exact) mass is 376 g/mol. The highest BCUT2D eigenvalue weighted by Gasteiger charge is 2.20. The topological polar surface area (TPSA) is 85.0 Å². The summed E-state index contributed by atoms with van der Waals surface area (Å²) in [5, 5.41) is 3.94. The van der Waals surface area contributed by atoms with Crippen LogP contribution in [-0.4, -0.2) is 52.3 Å². The van der Waals surface area contributed by atoms with Crippen LogP contribution in [0.1, 0.15) is 13.8 Å². The number of sulfonamides is 1. The molecule has 2 heterocycles. The van der Waals surface area contributed by atoms with Gasteiger partial charge in [0.2, 0.25) is 5.95 Å². The molecular weight excluding hydrogens is 352 g/mol. The highest BCUT2D eigenvalue weighted by Crippen LogP contribution is 2.22. The Morgan fingerprint density at radius 1 is 1.19 bits per heavy atom. The molecule has 3 rings (SSSR count). The Labute approximate surface area is 153 Å². The second-order valence-corrected chi connectivity index (χ2v) is 7.74. The van der Waals surface area contributed by atoms with Crippen molar-refractivity contribution in [2.75, 3.05) is 24.4 Å². The van der Waals surface area contributed by atoms with Gasteiger partial charge in [0, 0.05) is 26.3 Å². The summed E-state index contributed by atoms with van der Waals surface area (Å²) in [5.74, 6) is 0.321. The van der Waals surface area contributed by atoms with Gasteiger partial charge in [-0.1, -0.05) is 26.0 Å². The Morgan fingerprint density at radius 2 is 1.92 bits per heavy atom. The molecule has 3 aromatic rings. The maximum absolute atomic E-state index is 12.7. The zero-order valence-corrected chi connectivity index (χ0v) is 16.1. The summed E-state index contributed by atoms with van der Waals surface area (Å²) in [6.07, 6.45) is 2.79. The molecule has 2 aromatic heterocycles. The molecule has 0 saturated heterocycles. The third-order valence-corrected chi connectivity index (χ3v) is 5.69. The van der Waals surface area contributed by atoms with Gasteiger partial charge in [0.15, 0.2) is 0 Å². The van der Waals surface area contributed by atoms with E-state index in [1.807, 2.05) is 28.8 Å². The molecular formula is C17H24N6O2S. The Morgan fingerprint density at radius 3 is 2.58 bits per heavy atom. The van der Waals surface area contributed by atoms with Crippen molar-refractivity contribution in [3.63, 3.8) is 0 Å². The van der Waals surface area contributed by atoms with Gasteiger partial charge in [-0.15, -0.1) is 0 Å². The molecule has 0 aliphatic rings. The lowest BCUT2D eigenvalue weighted by Gasteiger charge is -2.19. The molecule has 0 fully saturated rings. The van der Waals surface area contributed by atoms with Gasteiger partial charge < -0.3 is 9.47 Å². The first-order chi connectivity index (χ1) is 12.4. The molecule has 140 valence electrons. The fraction of sp³-hybridized carbons (Fsp3) is 0.412. The van der Waals surface area contributed by atoms with Gasteiger partial charge in [-0.25, -0.2) is 18.1 Å². The van der Waals surface area contributed by atoms with E-state index in [2.05, 4.69) is 33.6 Å². The predicted molar refractivity (Wildman–Crippen MR) is 102 cm³/mol. The Hall–Kier alpha value is -2.39. The van der Waals surface area contributed by atoms with Crippen LogP contribution in [0.25, 0.3) is 11.0 Å². The van der Waals surface area contributed by atoms with Crippen molar-refractivity contribution in [2.24, 2.45) is 7.05 Å². The number of benzene rings is 1. The minimum absolute atomic E-state index is 0.113. The molecule has 0 unspecified atom stereocenters. The highest BCUT2D eigenvalue weighted by molar-refractivity contribution is 7.92. The summed E-state index contributed by atoms with van der Waals surface area (Å²) >= 11 is 0. The summed E-state index contributed by atoms with van der Waals surface area (Å²) in [6, 6.07) is 7.65. The van der Waals surface area contributed by atoms with Crippen LogP contribution in [0.5, 0.6) is 0 Å². The second-order valence-electron chi connectivity index (χ2n) is 6.06. The van der Waals surface area contributed by atoms with E-state index < -0.39 is 10.0 Å². The molecule has 1 N–H and O–H groups in total. The summed E-state index contributed by atoms with van der Waals surface area (Å²) in [5.41, 5.74) is 1.67. The Kier molecular flexibility index (Phi) is 5.28. The fourth-order valence-electron chi connectivity index (χ4n) is 2.88. The van der Waals surface area contributed by atoms with Crippen molar-refractivity contribution in [1.29, 1.82) is 0 Å². The van der Waals surface area contributed by atoms with Gasteiger partial charge in [0.05, 0.1) is 17.2 Å². The van der Waals surface area contributed by atoms with Crippen molar-refractivity contribution in [2.45, 2.75) is 25.3 Å². The van der Waals surface area contributed by atoms with Crippen molar-refractivity contribution >= 4 is 27.0 Å². The van der Waals surface area contributed by atoms with Gasteiger partial charge in [-0.2, -0.15) is 5.10 Å². The van der Waals surface area contributed by atoms with Gasteiger partial charge in [0.1, 0.15) is 4.90 Å². The maximum atomic E-state index is 12.7. The molecule has 0 amide bonds. The zero-order chi connectivity index (χ0) is 18.7. The van der Waals surface area contributed by atoms with Gasteiger partial charge in [-0.05, 0) is 25.2 Å². The maximum Gasteiger partial charge on any atom is 0.267 e. The normalized spacial score (nSPS) is 12.2. The first kappa shape index (κ1) is 18.4. The van der Waals surface area contributed by atoms with Gasteiger partial charge in [-0.3, -0.25) is 4.68 Å². The molecule has 26 heavy (non-hydrogen) atoms. The van der Waals surface area contributed by atoms with E-state index in [4.69, 9.17) is 0 Å². The van der Waals surface area contributed by atoms with Crippen LogP contribution in [0.2, 0.25) is 0 Å². The van der Waals surface area contributed by atoms with Crippen molar-refractivity contribution in [1.82, 2.24) is 24.2 Å². The van der Waals surface area contributed by atoms with E-state index in [9.17, 15) is 8.42 Å². The Balaban J connectivity index is 1.95. The van der Waals surface area contributed by atoms with Crippen LogP contribution >= 0.6 is 0 Å². The number of aryl methyl sites for hydroxylation is 1. The largest absolute Gasteiger partial charge is 0.308 e. The number of hydrogen-bond donors (Lipinski definition) is 1. The third kappa shape index (κ3) is 3.73. The molecule has 0 saturated carbocycles. The predicted octanol–water partition coefficient (Wildman–Crippen LogP) is 1.91. The van der Waals surface area contributed by atoms with Gasteiger partial charge in [0.25, 0.3) is 10.0 Å². The Bertz CT molecular complexity index is 988. The van der Waals surface area contributed by atoms with Crippen LogP contribution < -0.4 is 4.72 Å². The van der Waals surface area contributed by atoms with Crippen LogP contribution in [0.4, 0.5) is 5.95 Å². The summed E-state index contributed by atoms with van der Waals surface area (Å²) in [7, 11) is -2.06. The van der Waals surface area contributed by atoms with E-state index in [-0.39, 0.29) is 4.90 Å². The minimum Gasteiger partial charge on any atom is -0.308 e. The number of imidazole rings is 1. The van der Waals surface area contributed by atoms with Gasteiger partial charge >= 0.3 is 0 Å². The SMILES string of the molecule is CCN(CC)CCn1c(NS(=O)(=O)c2cnn(C)c2)nc2ccccc21. The third-order valence-electron chi connectivity index (χ3n) is 4.41. The molecule has 8 nitrogen and oxygen atoms in total. The van der Waals surface area contributed by atoms with E-state index in [0.29, 0.717) is 12.5 Å². The van der Waals surface area contributed by atoms with E-state index >= 15 is 0 Å². The first-order valence-electron chi connectivity index (χ1n) is 8.63. The summed E-state index contributed by atoms with van der Waals surface area (Å²) < 4.78 is 31.3. The average Bonchev–Trinajstić information content (AvgIpc) is 3.20. The number of hydrogen-bond acceptors (Lipinski definition) is 5. The standard InChI is InChI=1S/C17H24N6O2S/c1-4-22(5-2)10-11-23-16-9-7-6-8-15(16)19-17(23)20-26(24,25)14-12-18-21(3)13-14/h6-9,12-13H,4-5,10-11H2,1-3H3,(H,19,20). The number of fused-ring (bicyclic) bond motifs is 1. The van der Waals surface area contributed by atoms with Crippen LogP contribution in [0, 0.1) is 0 Å². The molecule has 0 aliphatic carbocycles. The average molecular weight is 376 g/mol. The second kappa shape index (κ2) is 7.46. The molecule has 9 heteroatoms. The fourth-order valence-corrected chi connectivity index (χ4v) is 3.87. The van der Waals surface area contributed by atoms with E-state index in [1.165, 1.54) is 17.1 Å². The molecule has 0 aliphatic heterocycles. The van der Waals surface area contributed by atoms with Crippen LogP contribution in [0.15, 0.2) is 41.6 Å². The number of likely N-dealkylation sites (N-methyl/N-ethyl adjacent to an activating group) is 1. The smallest absolute Gasteiger partial charge is 0.267 e. The zero-order valence-electron chi connectivity index (χ0n) is 15.3. The van der Waals surface area contributed by atoms with Crippen LogP contribution in [0.3, 0.4) is 0 Å². The van der Waals surface area contributed by atoms with E-state index in [1.54, 1.807) is 7.05 Å². The highest BCUT2D eigenvalue weighted by atomic mass is 32.2. The lowest BCUT2D eigenvalue weighted by molar-refractivity contribution is 0.292. The number of para-hydroxylation sites is 2. The van der Waals surface area contributed by atoms with Crippen molar-refractivity contribution in [3.05, 3.63) is 36.7 Å². The number of nitrogens with one attached hydrogen (secondary N) is 1. The molecule has 0 bridgehead atoms. The molecule has 0 radical (unpaired) electrons. The minimum atomic E-state index is -3.74.